The van der Waals surface area contributed by atoms with Crippen LogP contribution >= 0.6 is 0 Å². The second kappa shape index (κ2) is 9.13. The summed E-state index contributed by atoms with van der Waals surface area (Å²) in [4.78, 5) is 9.25. The van der Waals surface area contributed by atoms with Crippen LogP contribution in [0, 0.1) is 5.92 Å². The van der Waals surface area contributed by atoms with Gasteiger partial charge in [0.1, 0.15) is 5.82 Å². The Morgan fingerprint density at radius 2 is 1.78 bits per heavy atom. The Balaban J connectivity index is 2.17. The average Bonchev–Trinajstić information content (AvgIpc) is 2.55. The van der Waals surface area contributed by atoms with Crippen molar-refractivity contribution >= 4 is 11.8 Å². The molecule has 2 aromatic rings. The zero-order chi connectivity index (χ0) is 16.5. The van der Waals surface area contributed by atoms with Crippen molar-refractivity contribution in [1.29, 1.82) is 0 Å². The van der Waals surface area contributed by atoms with Crippen LogP contribution in [-0.2, 0) is 0 Å². The van der Waals surface area contributed by atoms with Crippen molar-refractivity contribution in [2.45, 2.75) is 40.0 Å². The van der Waals surface area contributed by atoms with Gasteiger partial charge in [-0.3, -0.25) is 0 Å². The lowest BCUT2D eigenvalue weighted by molar-refractivity contribution is 0.606. The first kappa shape index (κ1) is 17.3. The molecule has 2 rings (SSSR count). The molecule has 23 heavy (non-hydrogen) atoms. The molecule has 0 unspecified atom stereocenters. The first-order valence-electron chi connectivity index (χ1n) is 8.61. The van der Waals surface area contributed by atoms with Crippen molar-refractivity contribution < 1.29 is 0 Å². The summed E-state index contributed by atoms with van der Waals surface area (Å²) in [6.07, 6.45) is 3.41. The van der Waals surface area contributed by atoms with Crippen molar-refractivity contribution in [3.8, 4) is 11.3 Å². The Morgan fingerprint density at radius 1 is 1.00 bits per heavy atom. The van der Waals surface area contributed by atoms with Crippen molar-refractivity contribution in [1.82, 2.24) is 9.97 Å². The molecule has 0 saturated carbocycles. The zero-order valence-corrected chi connectivity index (χ0v) is 14.5. The molecule has 1 aromatic carbocycles. The van der Waals surface area contributed by atoms with Crippen LogP contribution < -0.4 is 10.6 Å². The van der Waals surface area contributed by atoms with E-state index in [-0.39, 0.29) is 0 Å². The van der Waals surface area contributed by atoms with Crippen LogP contribution in [0.1, 0.15) is 40.0 Å². The van der Waals surface area contributed by atoms with E-state index in [1.54, 1.807) is 0 Å². The van der Waals surface area contributed by atoms with E-state index < -0.39 is 0 Å². The molecule has 0 bridgehead atoms. The largest absolute Gasteiger partial charge is 0.370 e. The molecule has 0 radical (unpaired) electrons. The number of benzene rings is 1. The van der Waals surface area contributed by atoms with E-state index in [1.807, 2.05) is 24.3 Å². The number of hydrogen-bond acceptors (Lipinski definition) is 4. The molecular weight excluding hydrogens is 284 g/mol. The minimum atomic E-state index is 0.681. The quantitative estimate of drug-likeness (QED) is 0.652. The van der Waals surface area contributed by atoms with E-state index in [9.17, 15) is 0 Å². The third kappa shape index (κ3) is 5.89. The molecular formula is C19H28N4. The van der Waals surface area contributed by atoms with Crippen molar-refractivity contribution in [3.05, 3.63) is 36.4 Å². The number of unbranched alkanes of at least 4 members (excludes halogenated alkanes) is 1. The maximum atomic E-state index is 4.66. The zero-order valence-electron chi connectivity index (χ0n) is 14.5. The van der Waals surface area contributed by atoms with E-state index in [0.29, 0.717) is 11.9 Å². The van der Waals surface area contributed by atoms with Gasteiger partial charge in [-0.2, -0.15) is 4.98 Å². The van der Waals surface area contributed by atoms with Crippen molar-refractivity contribution in [3.63, 3.8) is 0 Å². The Morgan fingerprint density at radius 3 is 2.48 bits per heavy atom. The molecule has 0 aliphatic heterocycles. The molecule has 4 heteroatoms. The summed E-state index contributed by atoms with van der Waals surface area (Å²) in [7, 11) is 0. The van der Waals surface area contributed by atoms with Gasteiger partial charge in [-0.1, -0.05) is 57.5 Å². The van der Waals surface area contributed by atoms with E-state index in [1.165, 1.54) is 0 Å². The van der Waals surface area contributed by atoms with Gasteiger partial charge in [0.05, 0.1) is 5.69 Å². The van der Waals surface area contributed by atoms with Crippen LogP contribution in [0.15, 0.2) is 36.4 Å². The Hall–Kier alpha value is -2.10. The highest BCUT2D eigenvalue weighted by molar-refractivity contribution is 5.64. The van der Waals surface area contributed by atoms with Crippen LogP contribution in [0.4, 0.5) is 11.8 Å². The standard InChI is InChI=1S/C19H28N4/c1-4-5-12-21-19-22-17(16-9-7-6-8-10-16)14-18(23-19)20-13-11-15(2)3/h6-10,14-15H,4-5,11-13H2,1-3H3,(H2,20,21,22,23). The fourth-order valence-electron chi connectivity index (χ4n) is 2.24. The van der Waals surface area contributed by atoms with E-state index in [2.05, 4.69) is 53.5 Å². The third-order valence-electron chi connectivity index (χ3n) is 3.64. The van der Waals surface area contributed by atoms with Gasteiger partial charge in [-0.25, -0.2) is 4.98 Å². The summed E-state index contributed by atoms with van der Waals surface area (Å²) in [5.74, 6) is 2.27. The first-order valence-corrected chi connectivity index (χ1v) is 8.61. The predicted molar refractivity (Wildman–Crippen MR) is 98.8 cm³/mol. The van der Waals surface area contributed by atoms with Gasteiger partial charge in [-0.15, -0.1) is 0 Å². The van der Waals surface area contributed by atoms with Crippen molar-refractivity contribution in [2.24, 2.45) is 5.92 Å². The van der Waals surface area contributed by atoms with Gasteiger partial charge in [0.25, 0.3) is 0 Å². The Labute approximate surface area is 139 Å². The van der Waals surface area contributed by atoms with E-state index in [0.717, 1.165) is 49.4 Å². The minimum Gasteiger partial charge on any atom is -0.370 e. The minimum absolute atomic E-state index is 0.681. The van der Waals surface area contributed by atoms with Crippen molar-refractivity contribution in [2.75, 3.05) is 23.7 Å². The predicted octanol–water partition coefficient (Wildman–Crippen LogP) is 4.81. The summed E-state index contributed by atoms with van der Waals surface area (Å²) < 4.78 is 0. The number of rotatable bonds is 9. The molecule has 1 heterocycles. The highest BCUT2D eigenvalue weighted by Gasteiger charge is 2.06. The van der Waals surface area contributed by atoms with Crippen LogP contribution in [0.5, 0.6) is 0 Å². The molecule has 4 nitrogen and oxygen atoms in total. The molecule has 124 valence electrons. The molecule has 0 spiro atoms. The van der Waals surface area contributed by atoms with Gasteiger partial charge in [0, 0.05) is 24.7 Å². The summed E-state index contributed by atoms with van der Waals surface area (Å²) in [5.41, 5.74) is 2.06. The SMILES string of the molecule is CCCCNc1nc(NCCC(C)C)cc(-c2ccccc2)n1. The Kier molecular flexibility index (Phi) is 6.85. The smallest absolute Gasteiger partial charge is 0.225 e. The fraction of sp³-hybridized carbons (Fsp3) is 0.474. The number of hydrogen-bond donors (Lipinski definition) is 2. The molecule has 1 aromatic heterocycles. The fourth-order valence-corrected chi connectivity index (χ4v) is 2.24. The van der Waals surface area contributed by atoms with E-state index >= 15 is 0 Å². The van der Waals surface area contributed by atoms with Gasteiger partial charge >= 0.3 is 0 Å². The Bertz CT molecular complexity index is 581. The molecule has 0 atom stereocenters. The van der Waals surface area contributed by atoms with Crippen LogP contribution in [-0.4, -0.2) is 23.1 Å². The topological polar surface area (TPSA) is 49.8 Å². The second-order valence-corrected chi connectivity index (χ2v) is 6.22. The lowest BCUT2D eigenvalue weighted by atomic mass is 10.1. The van der Waals surface area contributed by atoms with Crippen LogP contribution in [0.25, 0.3) is 11.3 Å². The normalized spacial score (nSPS) is 10.8. The maximum Gasteiger partial charge on any atom is 0.225 e. The van der Waals surface area contributed by atoms with E-state index in [4.69, 9.17) is 0 Å². The number of nitrogens with zero attached hydrogens (tertiary/aromatic N) is 2. The number of aromatic nitrogens is 2. The van der Waals surface area contributed by atoms with Gasteiger partial charge in [0.15, 0.2) is 0 Å². The lowest BCUT2D eigenvalue weighted by Crippen LogP contribution is -2.10. The summed E-state index contributed by atoms with van der Waals surface area (Å²) >= 11 is 0. The van der Waals surface area contributed by atoms with Gasteiger partial charge in [0.2, 0.25) is 5.95 Å². The third-order valence-corrected chi connectivity index (χ3v) is 3.64. The summed E-state index contributed by atoms with van der Waals surface area (Å²) in [6.45, 7) is 8.48. The monoisotopic (exact) mass is 312 g/mol. The number of anilines is 2. The van der Waals surface area contributed by atoms with Crippen LogP contribution in [0.3, 0.4) is 0 Å². The molecule has 0 aliphatic rings. The molecule has 0 fully saturated rings. The van der Waals surface area contributed by atoms with Gasteiger partial charge in [-0.05, 0) is 18.8 Å². The first-order chi connectivity index (χ1) is 11.2. The van der Waals surface area contributed by atoms with Crippen LogP contribution in [0.2, 0.25) is 0 Å². The van der Waals surface area contributed by atoms with Gasteiger partial charge < -0.3 is 10.6 Å². The summed E-state index contributed by atoms with van der Waals surface area (Å²) in [5, 5.41) is 6.76. The summed E-state index contributed by atoms with van der Waals surface area (Å²) in [6, 6.07) is 12.3. The number of nitrogens with one attached hydrogen (secondary N) is 2. The second-order valence-electron chi connectivity index (χ2n) is 6.22. The maximum absolute atomic E-state index is 4.66. The lowest BCUT2D eigenvalue weighted by Gasteiger charge is -2.12. The molecule has 2 N–H and O–H groups in total. The highest BCUT2D eigenvalue weighted by atomic mass is 15.1. The molecule has 0 aliphatic carbocycles. The highest BCUT2D eigenvalue weighted by Crippen LogP contribution is 2.21. The average molecular weight is 312 g/mol. The molecule has 0 amide bonds. The molecule has 0 saturated heterocycles.